The number of nitriles is 1. The van der Waals surface area contributed by atoms with Crippen LogP contribution in [0.3, 0.4) is 0 Å². The SMILES string of the molecule is COc1ccc(C(=O)O)cc1OCc1cccnc1C#N. The number of benzene rings is 1. The number of hydrogen-bond acceptors (Lipinski definition) is 5. The Morgan fingerprint density at radius 3 is 2.86 bits per heavy atom. The zero-order chi connectivity index (χ0) is 15.2. The number of hydrogen-bond donors (Lipinski definition) is 1. The molecule has 2 rings (SSSR count). The molecule has 0 saturated heterocycles. The van der Waals surface area contributed by atoms with Gasteiger partial charge in [0, 0.05) is 11.8 Å². The predicted molar refractivity (Wildman–Crippen MR) is 73.2 cm³/mol. The normalized spacial score (nSPS) is 9.71. The molecule has 0 unspecified atom stereocenters. The standard InChI is InChI=1S/C15H12N2O4/c1-20-13-5-4-10(15(18)19)7-14(13)21-9-11-3-2-6-17-12(11)8-16/h2-7H,9H2,1H3,(H,18,19). The highest BCUT2D eigenvalue weighted by molar-refractivity contribution is 5.88. The fourth-order valence-corrected chi connectivity index (χ4v) is 1.73. The molecule has 0 spiro atoms. The Labute approximate surface area is 121 Å². The van der Waals surface area contributed by atoms with E-state index in [0.717, 1.165) is 0 Å². The molecule has 2 aromatic rings. The highest BCUT2D eigenvalue weighted by Crippen LogP contribution is 2.29. The average Bonchev–Trinajstić information content (AvgIpc) is 2.52. The molecule has 0 saturated carbocycles. The molecule has 0 aliphatic rings. The number of carboxylic acid groups (broad SMARTS) is 1. The molecule has 1 aromatic heterocycles. The molecule has 21 heavy (non-hydrogen) atoms. The molecule has 0 aliphatic carbocycles. The summed E-state index contributed by atoms with van der Waals surface area (Å²) in [7, 11) is 1.47. The minimum Gasteiger partial charge on any atom is -0.493 e. The van der Waals surface area contributed by atoms with Crippen molar-refractivity contribution < 1.29 is 19.4 Å². The van der Waals surface area contributed by atoms with E-state index >= 15 is 0 Å². The lowest BCUT2D eigenvalue weighted by molar-refractivity contribution is 0.0696. The molecular formula is C15H12N2O4. The van der Waals surface area contributed by atoms with Gasteiger partial charge in [0.15, 0.2) is 11.5 Å². The van der Waals surface area contributed by atoms with Crippen LogP contribution in [0.1, 0.15) is 21.6 Å². The summed E-state index contributed by atoms with van der Waals surface area (Å²) < 4.78 is 10.7. The maximum absolute atomic E-state index is 11.0. The molecule has 1 heterocycles. The highest BCUT2D eigenvalue weighted by Gasteiger charge is 2.11. The van der Waals surface area contributed by atoms with Gasteiger partial charge in [0.05, 0.1) is 12.7 Å². The molecule has 0 aliphatic heterocycles. The number of pyridine rings is 1. The second-order valence-electron chi connectivity index (χ2n) is 4.08. The van der Waals surface area contributed by atoms with Gasteiger partial charge in [-0.15, -0.1) is 0 Å². The van der Waals surface area contributed by atoms with Crippen molar-refractivity contribution in [3.8, 4) is 17.6 Å². The van der Waals surface area contributed by atoms with Gasteiger partial charge in [-0.1, -0.05) is 6.07 Å². The Morgan fingerprint density at radius 2 is 2.19 bits per heavy atom. The third-order valence-electron chi connectivity index (χ3n) is 2.79. The van der Waals surface area contributed by atoms with Crippen molar-refractivity contribution in [3.63, 3.8) is 0 Å². The van der Waals surface area contributed by atoms with Gasteiger partial charge >= 0.3 is 5.97 Å². The van der Waals surface area contributed by atoms with Gasteiger partial charge in [-0.3, -0.25) is 0 Å². The van der Waals surface area contributed by atoms with Gasteiger partial charge in [-0.25, -0.2) is 9.78 Å². The van der Waals surface area contributed by atoms with E-state index in [2.05, 4.69) is 4.98 Å². The molecule has 0 fully saturated rings. The molecule has 6 nitrogen and oxygen atoms in total. The van der Waals surface area contributed by atoms with Crippen LogP contribution in [0.4, 0.5) is 0 Å². The van der Waals surface area contributed by atoms with Crippen molar-refractivity contribution in [2.45, 2.75) is 6.61 Å². The predicted octanol–water partition coefficient (Wildman–Crippen LogP) is 2.24. The first-order chi connectivity index (χ1) is 10.2. The van der Waals surface area contributed by atoms with Crippen molar-refractivity contribution >= 4 is 5.97 Å². The van der Waals surface area contributed by atoms with Crippen LogP contribution in [0.15, 0.2) is 36.5 Å². The zero-order valence-electron chi connectivity index (χ0n) is 11.2. The molecular weight excluding hydrogens is 272 g/mol. The van der Waals surface area contributed by atoms with Gasteiger partial charge in [-0.2, -0.15) is 5.26 Å². The van der Waals surface area contributed by atoms with Gasteiger partial charge in [0.25, 0.3) is 0 Å². The van der Waals surface area contributed by atoms with Crippen LogP contribution in [-0.4, -0.2) is 23.2 Å². The topological polar surface area (TPSA) is 92.4 Å². The molecule has 1 N–H and O–H groups in total. The van der Waals surface area contributed by atoms with Gasteiger partial charge in [0.1, 0.15) is 18.4 Å². The van der Waals surface area contributed by atoms with Gasteiger partial charge < -0.3 is 14.6 Å². The number of ether oxygens (including phenoxy) is 2. The summed E-state index contributed by atoms with van der Waals surface area (Å²) in [6.45, 7) is 0.0934. The van der Waals surface area contributed by atoms with E-state index in [1.165, 1.54) is 31.5 Å². The number of aromatic nitrogens is 1. The Bertz CT molecular complexity index is 707. The minimum atomic E-state index is -1.05. The van der Waals surface area contributed by atoms with E-state index in [4.69, 9.17) is 19.8 Å². The number of nitrogens with zero attached hydrogens (tertiary/aromatic N) is 2. The third-order valence-corrected chi connectivity index (χ3v) is 2.79. The van der Waals surface area contributed by atoms with Crippen molar-refractivity contribution in [1.82, 2.24) is 4.98 Å². The van der Waals surface area contributed by atoms with Crippen molar-refractivity contribution in [2.75, 3.05) is 7.11 Å². The summed E-state index contributed by atoms with van der Waals surface area (Å²) in [5.74, 6) is -0.339. The van der Waals surface area contributed by atoms with Crippen LogP contribution in [-0.2, 0) is 6.61 Å². The first kappa shape index (κ1) is 14.3. The molecule has 0 bridgehead atoms. The van der Waals surface area contributed by atoms with Gasteiger partial charge in [-0.05, 0) is 24.3 Å². The number of rotatable bonds is 5. The van der Waals surface area contributed by atoms with Crippen LogP contribution < -0.4 is 9.47 Å². The molecule has 106 valence electrons. The number of aromatic carboxylic acids is 1. The molecule has 0 atom stereocenters. The van der Waals surface area contributed by atoms with E-state index in [1.807, 2.05) is 6.07 Å². The number of methoxy groups -OCH3 is 1. The maximum Gasteiger partial charge on any atom is 0.335 e. The Hall–Kier alpha value is -3.07. The molecule has 1 aromatic carbocycles. The van der Waals surface area contributed by atoms with E-state index in [0.29, 0.717) is 17.1 Å². The molecule has 0 radical (unpaired) electrons. The van der Waals surface area contributed by atoms with E-state index < -0.39 is 5.97 Å². The summed E-state index contributed by atoms with van der Waals surface area (Å²) in [6, 6.07) is 9.72. The summed E-state index contributed by atoms with van der Waals surface area (Å²) >= 11 is 0. The lowest BCUT2D eigenvalue weighted by Gasteiger charge is -2.11. The van der Waals surface area contributed by atoms with Crippen LogP contribution in [0.5, 0.6) is 11.5 Å². The number of carboxylic acids is 1. The quantitative estimate of drug-likeness (QED) is 0.905. The highest BCUT2D eigenvalue weighted by atomic mass is 16.5. The first-order valence-electron chi connectivity index (χ1n) is 6.04. The minimum absolute atomic E-state index is 0.0934. The summed E-state index contributed by atoms with van der Waals surface area (Å²) in [4.78, 5) is 14.9. The van der Waals surface area contributed by atoms with E-state index in [1.54, 1.807) is 12.1 Å². The third kappa shape index (κ3) is 3.28. The maximum atomic E-state index is 11.0. The van der Waals surface area contributed by atoms with E-state index in [9.17, 15) is 4.79 Å². The second kappa shape index (κ2) is 6.39. The zero-order valence-corrected chi connectivity index (χ0v) is 11.2. The Morgan fingerprint density at radius 1 is 1.38 bits per heavy atom. The smallest absolute Gasteiger partial charge is 0.335 e. The fraction of sp³-hybridized carbons (Fsp3) is 0.133. The fourth-order valence-electron chi connectivity index (χ4n) is 1.73. The van der Waals surface area contributed by atoms with Gasteiger partial charge in [0.2, 0.25) is 0 Å². The van der Waals surface area contributed by atoms with Crippen molar-refractivity contribution in [3.05, 3.63) is 53.3 Å². The van der Waals surface area contributed by atoms with E-state index in [-0.39, 0.29) is 17.9 Å². The summed E-state index contributed by atoms with van der Waals surface area (Å²) in [6.07, 6.45) is 1.52. The lowest BCUT2D eigenvalue weighted by Crippen LogP contribution is -2.03. The van der Waals surface area contributed by atoms with Crippen molar-refractivity contribution in [1.29, 1.82) is 5.26 Å². The lowest BCUT2D eigenvalue weighted by atomic mass is 10.2. The second-order valence-corrected chi connectivity index (χ2v) is 4.08. The molecule has 6 heteroatoms. The summed E-state index contributed by atoms with van der Waals surface area (Å²) in [5, 5.41) is 18.0. The Kier molecular flexibility index (Phi) is 4.36. The monoisotopic (exact) mass is 284 g/mol. The largest absolute Gasteiger partial charge is 0.493 e. The van der Waals surface area contributed by atoms with Crippen molar-refractivity contribution in [2.24, 2.45) is 0 Å². The molecule has 0 amide bonds. The van der Waals surface area contributed by atoms with Crippen LogP contribution in [0, 0.1) is 11.3 Å². The van der Waals surface area contributed by atoms with Crippen LogP contribution in [0.25, 0.3) is 0 Å². The summed E-state index contributed by atoms with van der Waals surface area (Å²) in [5.41, 5.74) is 0.978. The Balaban J connectivity index is 2.25. The first-order valence-corrected chi connectivity index (χ1v) is 6.04. The van der Waals surface area contributed by atoms with Crippen LogP contribution >= 0.6 is 0 Å². The number of carbonyl (C=O) groups is 1. The average molecular weight is 284 g/mol. The van der Waals surface area contributed by atoms with Crippen LogP contribution in [0.2, 0.25) is 0 Å².